The minimum absolute atomic E-state index is 0.0344. The minimum atomic E-state index is -3.87. The van der Waals surface area contributed by atoms with Crippen molar-refractivity contribution in [2.45, 2.75) is 68.4 Å². The topological polar surface area (TPSA) is 79.0 Å². The van der Waals surface area contributed by atoms with E-state index < -0.39 is 32.9 Å². The zero-order chi connectivity index (χ0) is 33.1. The van der Waals surface area contributed by atoms with Crippen molar-refractivity contribution in [1.29, 1.82) is 0 Å². The van der Waals surface area contributed by atoms with Crippen LogP contribution in [-0.4, -0.2) is 68.5 Å². The highest BCUT2D eigenvalue weighted by Gasteiger charge is 2.44. The van der Waals surface area contributed by atoms with Gasteiger partial charge in [0.25, 0.3) is 0 Å². The number of ether oxygens (including phenoxy) is 1. The molecule has 3 aromatic rings. The largest absolute Gasteiger partial charge is 0.444 e. The first-order chi connectivity index (χ1) is 21.7. The Morgan fingerprint density at radius 3 is 2.46 bits per heavy atom. The molecule has 2 heterocycles. The van der Waals surface area contributed by atoms with E-state index in [2.05, 4.69) is 28.4 Å². The molecular weight excluding hydrogens is 632 g/mol. The van der Waals surface area contributed by atoms with Gasteiger partial charge in [-0.1, -0.05) is 48.0 Å². The summed E-state index contributed by atoms with van der Waals surface area (Å²) in [6.45, 7) is 9.68. The van der Waals surface area contributed by atoms with Crippen LogP contribution in [0.25, 0.3) is 0 Å². The summed E-state index contributed by atoms with van der Waals surface area (Å²) in [5.74, 6) is -2.73. The lowest BCUT2D eigenvalue weighted by Gasteiger charge is -2.48. The van der Waals surface area contributed by atoms with Crippen LogP contribution in [0.1, 0.15) is 62.6 Å². The number of likely N-dealkylation sites (tertiary alicyclic amines) is 1. The molecule has 2 aliphatic heterocycles. The van der Waals surface area contributed by atoms with Gasteiger partial charge in [0.15, 0.2) is 21.5 Å². The third kappa shape index (κ3) is 8.26. The van der Waals surface area contributed by atoms with E-state index in [4.69, 9.17) is 16.3 Å². The van der Waals surface area contributed by atoms with E-state index in [-0.39, 0.29) is 22.3 Å². The number of piperidine rings is 1. The number of carbonyl (C=O) groups excluding carboxylic acids is 1. The normalized spacial score (nSPS) is 17.5. The maximum Gasteiger partial charge on any atom is 0.410 e. The molecule has 0 saturated carbocycles. The predicted molar refractivity (Wildman–Crippen MR) is 176 cm³/mol. The van der Waals surface area contributed by atoms with E-state index >= 15 is 0 Å². The number of hydrogen-bond acceptors (Lipinski definition) is 6. The molecule has 3 aromatic carbocycles. The molecule has 1 atom stereocenters. The molecule has 1 fully saturated rings. The van der Waals surface area contributed by atoms with Crippen LogP contribution in [0.15, 0.2) is 71.6 Å². The maximum atomic E-state index is 13.7. The van der Waals surface area contributed by atoms with E-state index in [1.807, 2.05) is 49.9 Å². The Balaban J connectivity index is 1.23. The van der Waals surface area contributed by atoms with Crippen LogP contribution >= 0.6 is 11.6 Å². The molecule has 46 heavy (non-hydrogen) atoms. The quantitative estimate of drug-likeness (QED) is 0.249. The van der Waals surface area contributed by atoms with Crippen molar-refractivity contribution in [3.8, 4) is 0 Å². The number of rotatable bonds is 9. The molecular formula is C35H42ClF2N3O4S. The van der Waals surface area contributed by atoms with Gasteiger partial charge in [-0.15, -0.1) is 0 Å². The second kappa shape index (κ2) is 14.0. The fourth-order valence-corrected chi connectivity index (χ4v) is 7.89. The minimum Gasteiger partial charge on any atom is -0.444 e. The lowest BCUT2D eigenvalue weighted by atomic mass is 9.69. The molecule has 7 nitrogen and oxygen atoms in total. The van der Waals surface area contributed by atoms with Gasteiger partial charge < -0.3 is 19.9 Å². The summed E-state index contributed by atoms with van der Waals surface area (Å²) < 4.78 is 58.5. The number of amides is 1. The summed E-state index contributed by atoms with van der Waals surface area (Å²) in [6, 6.07) is 18.6. The van der Waals surface area contributed by atoms with E-state index in [0.29, 0.717) is 30.7 Å². The Hall–Kier alpha value is -3.05. The van der Waals surface area contributed by atoms with Crippen LogP contribution in [0.2, 0.25) is 5.02 Å². The highest BCUT2D eigenvalue weighted by molar-refractivity contribution is 7.91. The van der Waals surface area contributed by atoms with Gasteiger partial charge in [-0.05, 0) is 113 Å². The van der Waals surface area contributed by atoms with Gasteiger partial charge in [0.05, 0.1) is 4.90 Å². The zero-order valence-corrected chi connectivity index (χ0v) is 28.1. The highest BCUT2D eigenvalue weighted by Crippen LogP contribution is 2.42. The van der Waals surface area contributed by atoms with Crippen molar-refractivity contribution in [1.82, 2.24) is 15.1 Å². The fourth-order valence-electron chi connectivity index (χ4n) is 6.58. The molecule has 1 N–H and O–H groups in total. The summed E-state index contributed by atoms with van der Waals surface area (Å²) >= 11 is 6.32. The molecule has 11 heteroatoms. The number of hydrogen-bond donors (Lipinski definition) is 1. The Morgan fingerprint density at radius 2 is 1.76 bits per heavy atom. The Labute approximate surface area is 275 Å². The average Bonchev–Trinajstić information content (AvgIpc) is 3.00. The second-order valence-corrected chi connectivity index (χ2v) is 15.9. The Bertz CT molecular complexity index is 1660. The van der Waals surface area contributed by atoms with Crippen molar-refractivity contribution < 1.29 is 26.7 Å². The molecule has 1 unspecified atom stereocenters. The van der Waals surface area contributed by atoms with Gasteiger partial charge in [-0.25, -0.2) is 22.0 Å². The van der Waals surface area contributed by atoms with E-state index in [1.165, 1.54) is 11.1 Å². The van der Waals surface area contributed by atoms with Gasteiger partial charge in [0, 0.05) is 30.1 Å². The van der Waals surface area contributed by atoms with E-state index in [0.717, 1.165) is 56.6 Å². The highest BCUT2D eigenvalue weighted by atomic mass is 35.5. The third-order valence-corrected chi connectivity index (χ3v) is 10.7. The SMILES string of the molecule is CC(C)(C)OC(=O)N1Cc2ccccc2C2(CCN(CCC(CNCS(=O)(=O)c3ccc(F)c(F)c3)c3cccc(Cl)c3)CC2)C1. The number of nitrogens with zero attached hydrogens (tertiary/aromatic N) is 2. The van der Waals surface area contributed by atoms with Crippen molar-refractivity contribution in [3.63, 3.8) is 0 Å². The van der Waals surface area contributed by atoms with Crippen molar-refractivity contribution in [3.05, 3.63) is 100 Å². The van der Waals surface area contributed by atoms with Gasteiger partial charge in [0.1, 0.15) is 11.5 Å². The van der Waals surface area contributed by atoms with Gasteiger partial charge in [-0.3, -0.25) is 0 Å². The summed E-state index contributed by atoms with van der Waals surface area (Å²) in [5.41, 5.74) is 2.76. The molecule has 1 spiro atoms. The Kier molecular flexibility index (Phi) is 10.4. The van der Waals surface area contributed by atoms with Crippen LogP contribution in [-0.2, 0) is 26.5 Å². The molecule has 2 aliphatic rings. The van der Waals surface area contributed by atoms with E-state index in [9.17, 15) is 22.0 Å². The number of halogens is 3. The molecule has 1 saturated heterocycles. The first kappa shape index (κ1) is 34.3. The molecule has 0 aromatic heterocycles. The van der Waals surface area contributed by atoms with Crippen molar-refractivity contribution in [2.24, 2.45) is 0 Å². The molecule has 0 radical (unpaired) electrons. The lowest BCUT2D eigenvalue weighted by molar-refractivity contribution is 0.0105. The predicted octanol–water partition coefficient (Wildman–Crippen LogP) is 6.90. The first-order valence-corrected chi connectivity index (χ1v) is 17.7. The van der Waals surface area contributed by atoms with Gasteiger partial charge in [0.2, 0.25) is 0 Å². The smallest absolute Gasteiger partial charge is 0.410 e. The van der Waals surface area contributed by atoms with Crippen LogP contribution in [0.3, 0.4) is 0 Å². The molecule has 0 bridgehead atoms. The number of carbonyl (C=O) groups is 1. The maximum absolute atomic E-state index is 13.7. The number of sulfone groups is 1. The van der Waals surface area contributed by atoms with E-state index in [1.54, 1.807) is 6.07 Å². The molecule has 248 valence electrons. The lowest BCUT2D eigenvalue weighted by Crippen LogP contribution is -2.54. The van der Waals surface area contributed by atoms with Crippen LogP contribution in [0, 0.1) is 11.6 Å². The molecule has 0 aliphatic carbocycles. The Morgan fingerprint density at radius 1 is 1.02 bits per heavy atom. The van der Waals surface area contributed by atoms with Crippen LogP contribution in [0.4, 0.5) is 13.6 Å². The molecule has 1 amide bonds. The summed E-state index contributed by atoms with van der Waals surface area (Å²) in [4.78, 5) is 17.1. The zero-order valence-electron chi connectivity index (χ0n) is 26.6. The van der Waals surface area contributed by atoms with Crippen LogP contribution in [0.5, 0.6) is 0 Å². The third-order valence-electron chi connectivity index (χ3n) is 8.96. The second-order valence-electron chi connectivity index (χ2n) is 13.4. The van der Waals surface area contributed by atoms with Crippen molar-refractivity contribution in [2.75, 3.05) is 38.6 Å². The average molecular weight is 674 g/mol. The molecule has 5 rings (SSSR count). The standard InChI is InChI=1S/C35H42ClF2N3O4S/c1-34(2,3)45-33(42)41-22-27-7-4-5-10-30(27)35(23-41)14-17-40(18-15-35)16-13-26(25-8-6-9-28(36)19-25)21-39-24-46(43,44)29-11-12-31(37)32(38)20-29/h4-12,19-20,26,39H,13-18,21-24H2,1-3H3. The summed E-state index contributed by atoms with van der Waals surface area (Å²) in [7, 11) is -3.87. The number of fused-ring (bicyclic) bond motifs is 2. The monoisotopic (exact) mass is 673 g/mol. The van der Waals surface area contributed by atoms with Gasteiger partial charge in [-0.2, -0.15) is 0 Å². The summed E-state index contributed by atoms with van der Waals surface area (Å²) in [5, 5.41) is 3.64. The fraction of sp³-hybridized carbons (Fsp3) is 0.457. The number of benzene rings is 3. The first-order valence-electron chi connectivity index (χ1n) is 15.7. The van der Waals surface area contributed by atoms with Crippen LogP contribution < -0.4 is 5.32 Å². The van der Waals surface area contributed by atoms with Gasteiger partial charge >= 0.3 is 6.09 Å². The summed E-state index contributed by atoms with van der Waals surface area (Å²) in [6.07, 6.45) is 2.27. The van der Waals surface area contributed by atoms with Crippen molar-refractivity contribution >= 4 is 27.5 Å². The number of nitrogens with one attached hydrogen (secondary N) is 1.